The van der Waals surface area contributed by atoms with Crippen molar-refractivity contribution < 1.29 is 13.2 Å². The monoisotopic (exact) mass is 479 g/mol. The van der Waals surface area contributed by atoms with Gasteiger partial charge in [-0.1, -0.05) is 50.7 Å². The van der Waals surface area contributed by atoms with Crippen LogP contribution in [-0.4, -0.2) is 58.3 Å². The molecule has 1 aromatic carbocycles. The third-order valence-corrected chi connectivity index (χ3v) is 8.31. The fraction of sp³-hybridized carbons (Fsp3) is 0.500. The lowest BCUT2D eigenvalue weighted by Crippen LogP contribution is -2.31. The van der Waals surface area contributed by atoms with Gasteiger partial charge in [-0.15, -0.1) is 16.8 Å². The lowest BCUT2D eigenvalue weighted by Gasteiger charge is -2.20. The normalized spacial score (nSPS) is 13.7. The number of thioether (sulfide) groups is 1. The minimum Gasteiger partial charge on any atom is -0.352 e. The number of nitrogens with zero attached hydrogens (tertiary/aromatic N) is 4. The molecular weight excluding hydrogens is 446 g/mol. The molecule has 0 bridgehead atoms. The SMILES string of the molecule is C=CCNC(=O)C(C)Sc1nnc(-c2cccc(S(=O)(=O)N(CC)CC)c2)n1C(C)CC. The maximum absolute atomic E-state index is 13.0. The van der Waals surface area contributed by atoms with Gasteiger partial charge in [0.2, 0.25) is 15.9 Å². The molecule has 2 unspecified atom stereocenters. The zero-order chi connectivity index (χ0) is 23.9. The first-order chi connectivity index (χ1) is 15.2. The van der Waals surface area contributed by atoms with Crippen molar-refractivity contribution in [3.63, 3.8) is 0 Å². The summed E-state index contributed by atoms with van der Waals surface area (Å²) >= 11 is 1.33. The Balaban J connectivity index is 2.47. The van der Waals surface area contributed by atoms with Gasteiger partial charge in [-0.25, -0.2) is 8.42 Å². The van der Waals surface area contributed by atoms with Gasteiger partial charge in [-0.2, -0.15) is 4.31 Å². The molecule has 0 saturated heterocycles. The topological polar surface area (TPSA) is 97.2 Å². The zero-order valence-electron chi connectivity index (χ0n) is 19.4. The number of aromatic nitrogens is 3. The fourth-order valence-corrected chi connectivity index (χ4v) is 5.65. The van der Waals surface area contributed by atoms with Crippen molar-refractivity contribution in [3.05, 3.63) is 36.9 Å². The van der Waals surface area contributed by atoms with Crippen LogP contribution in [0.1, 0.15) is 47.1 Å². The highest BCUT2D eigenvalue weighted by Gasteiger charge is 2.25. The molecule has 0 aliphatic heterocycles. The van der Waals surface area contributed by atoms with E-state index in [1.165, 1.54) is 16.1 Å². The summed E-state index contributed by atoms with van der Waals surface area (Å²) in [7, 11) is -3.59. The molecule has 1 aromatic heterocycles. The molecule has 1 N–H and O–H groups in total. The number of hydrogen-bond acceptors (Lipinski definition) is 6. The van der Waals surface area contributed by atoms with Crippen molar-refractivity contribution in [2.75, 3.05) is 19.6 Å². The molecule has 0 aliphatic carbocycles. The molecule has 0 fully saturated rings. The van der Waals surface area contributed by atoms with Crippen molar-refractivity contribution in [2.24, 2.45) is 0 Å². The quantitative estimate of drug-likeness (QED) is 0.368. The summed E-state index contributed by atoms with van der Waals surface area (Å²) < 4.78 is 29.4. The number of carbonyl (C=O) groups is 1. The Morgan fingerprint density at radius 3 is 2.53 bits per heavy atom. The highest BCUT2D eigenvalue weighted by atomic mass is 32.2. The van der Waals surface area contributed by atoms with Crippen LogP contribution in [0.5, 0.6) is 0 Å². The summed E-state index contributed by atoms with van der Waals surface area (Å²) in [6.07, 6.45) is 2.46. The lowest BCUT2D eigenvalue weighted by molar-refractivity contribution is -0.120. The molecule has 0 aliphatic rings. The maximum Gasteiger partial charge on any atom is 0.243 e. The molecule has 2 atom stereocenters. The van der Waals surface area contributed by atoms with Gasteiger partial charge in [0.05, 0.1) is 10.1 Å². The summed E-state index contributed by atoms with van der Waals surface area (Å²) in [6, 6.07) is 6.86. The zero-order valence-corrected chi connectivity index (χ0v) is 21.0. The minimum atomic E-state index is -3.59. The van der Waals surface area contributed by atoms with E-state index in [2.05, 4.69) is 35.9 Å². The van der Waals surface area contributed by atoms with Crippen molar-refractivity contribution in [3.8, 4) is 11.4 Å². The molecule has 1 amide bonds. The molecule has 2 rings (SSSR count). The summed E-state index contributed by atoms with van der Waals surface area (Å²) in [4.78, 5) is 12.5. The van der Waals surface area contributed by atoms with E-state index >= 15 is 0 Å². The van der Waals surface area contributed by atoms with Crippen LogP contribution in [0.15, 0.2) is 47.0 Å². The van der Waals surface area contributed by atoms with E-state index in [9.17, 15) is 13.2 Å². The van der Waals surface area contributed by atoms with Gasteiger partial charge in [0.25, 0.3) is 0 Å². The number of carbonyl (C=O) groups excluding carboxylic acids is 1. The van der Waals surface area contributed by atoms with E-state index in [1.807, 2.05) is 31.4 Å². The van der Waals surface area contributed by atoms with Crippen LogP contribution >= 0.6 is 11.8 Å². The Labute approximate surface area is 195 Å². The third-order valence-electron chi connectivity index (χ3n) is 5.20. The number of rotatable bonds is 12. The van der Waals surface area contributed by atoms with Crippen molar-refractivity contribution >= 4 is 27.7 Å². The van der Waals surface area contributed by atoms with Crippen LogP contribution in [0.3, 0.4) is 0 Å². The summed E-state index contributed by atoms with van der Waals surface area (Å²) in [5.74, 6) is 0.472. The Morgan fingerprint density at radius 1 is 1.25 bits per heavy atom. The van der Waals surface area contributed by atoms with Crippen LogP contribution in [0.4, 0.5) is 0 Å². The summed E-state index contributed by atoms with van der Waals surface area (Å²) in [5, 5.41) is 11.8. The molecule has 0 radical (unpaired) electrons. The first-order valence-electron chi connectivity index (χ1n) is 10.8. The molecule has 32 heavy (non-hydrogen) atoms. The summed E-state index contributed by atoms with van der Waals surface area (Å²) in [6.45, 7) is 14.4. The average Bonchev–Trinajstić information content (AvgIpc) is 3.21. The number of benzene rings is 1. The van der Waals surface area contributed by atoms with E-state index in [0.29, 0.717) is 36.2 Å². The third kappa shape index (κ3) is 5.79. The van der Waals surface area contributed by atoms with Crippen LogP contribution in [0, 0.1) is 0 Å². The van der Waals surface area contributed by atoms with E-state index in [0.717, 1.165) is 6.42 Å². The van der Waals surface area contributed by atoms with Crippen LogP contribution in [-0.2, 0) is 14.8 Å². The van der Waals surface area contributed by atoms with Gasteiger partial charge < -0.3 is 5.32 Å². The average molecular weight is 480 g/mol. The van der Waals surface area contributed by atoms with Gasteiger partial charge in [0.15, 0.2) is 11.0 Å². The first-order valence-corrected chi connectivity index (χ1v) is 13.1. The lowest BCUT2D eigenvalue weighted by atomic mass is 10.2. The first kappa shape index (κ1) is 26.1. The molecule has 0 saturated carbocycles. The molecular formula is C22H33N5O3S2. The van der Waals surface area contributed by atoms with Crippen molar-refractivity contribution in [1.82, 2.24) is 24.4 Å². The largest absolute Gasteiger partial charge is 0.352 e. The number of hydrogen-bond donors (Lipinski definition) is 1. The Hall–Kier alpha value is -2.17. The predicted molar refractivity (Wildman–Crippen MR) is 129 cm³/mol. The Kier molecular flexibility index (Phi) is 9.47. The van der Waals surface area contributed by atoms with Gasteiger partial charge in [0.1, 0.15) is 0 Å². The van der Waals surface area contributed by atoms with E-state index in [1.54, 1.807) is 24.3 Å². The van der Waals surface area contributed by atoms with Gasteiger partial charge >= 0.3 is 0 Å². The Bertz CT molecular complexity index is 1030. The number of nitrogens with one attached hydrogen (secondary N) is 1. The second-order valence-corrected chi connectivity index (χ2v) is 10.6. The molecule has 8 nitrogen and oxygen atoms in total. The van der Waals surface area contributed by atoms with Crippen LogP contribution in [0.2, 0.25) is 0 Å². The Morgan fingerprint density at radius 2 is 1.94 bits per heavy atom. The standard InChI is InChI=1S/C22H33N5O3S2/c1-7-14-23-21(28)17(6)31-22-25-24-20(27(22)16(5)8-2)18-12-11-13-19(15-18)32(29,30)26(9-3)10-4/h7,11-13,15-17H,1,8-10,14H2,2-6H3,(H,23,28). The van der Waals surface area contributed by atoms with Gasteiger partial charge in [-0.3, -0.25) is 9.36 Å². The number of sulfonamides is 1. The van der Waals surface area contributed by atoms with E-state index in [-0.39, 0.29) is 22.1 Å². The smallest absolute Gasteiger partial charge is 0.243 e. The van der Waals surface area contributed by atoms with Crippen LogP contribution in [0.25, 0.3) is 11.4 Å². The summed E-state index contributed by atoms with van der Waals surface area (Å²) in [5.41, 5.74) is 0.668. The predicted octanol–water partition coefficient (Wildman–Crippen LogP) is 3.73. The molecule has 2 aromatic rings. The van der Waals surface area contributed by atoms with Crippen molar-refractivity contribution in [1.29, 1.82) is 0 Å². The molecule has 176 valence electrons. The van der Waals surface area contributed by atoms with Crippen molar-refractivity contribution in [2.45, 2.75) is 62.4 Å². The highest BCUT2D eigenvalue weighted by Crippen LogP contribution is 2.32. The van der Waals surface area contributed by atoms with Gasteiger partial charge in [-0.05, 0) is 32.4 Å². The number of amides is 1. The molecule has 1 heterocycles. The minimum absolute atomic E-state index is 0.0639. The van der Waals surface area contributed by atoms with Crippen LogP contribution < -0.4 is 5.32 Å². The fourth-order valence-electron chi connectivity index (χ4n) is 3.17. The molecule has 10 heteroatoms. The van der Waals surface area contributed by atoms with E-state index < -0.39 is 10.0 Å². The second-order valence-electron chi connectivity index (χ2n) is 7.34. The maximum atomic E-state index is 13.0. The molecule has 0 spiro atoms. The van der Waals surface area contributed by atoms with Gasteiger partial charge in [0, 0.05) is 31.2 Å². The second kappa shape index (κ2) is 11.6. The van der Waals surface area contributed by atoms with E-state index in [4.69, 9.17) is 0 Å². The highest BCUT2D eigenvalue weighted by molar-refractivity contribution is 8.00.